The van der Waals surface area contributed by atoms with Crippen molar-refractivity contribution < 1.29 is 14.6 Å². The van der Waals surface area contributed by atoms with Gasteiger partial charge in [0.15, 0.2) is 0 Å². The summed E-state index contributed by atoms with van der Waals surface area (Å²) >= 11 is 6.09. The summed E-state index contributed by atoms with van der Waals surface area (Å²) < 4.78 is 5.61. The van der Waals surface area contributed by atoms with Crippen molar-refractivity contribution in [3.63, 3.8) is 0 Å². The molecule has 17 heavy (non-hydrogen) atoms. The SMILES string of the molecule is CC(C(=O)O)C1CCCOc2c(Cl)cccc21. The van der Waals surface area contributed by atoms with Crippen molar-refractivity contribution in [1.82, 2.24) is 0 Å². The van der Waals surface area contributed by atoms with Crippen LogP contribution in [0.15, 0.2) is 18.2 Å². The second-order valence-electron chi connectivity index (χ2n) is 4.38. The number of carbonyl (C=O) groups is 1. The molecule has 1 aliphatic heterocycles. The molecule has 0 aliphatic carbocycles. The second-order valence-corrected chi connectivity index (χ2v) is 4.79. The van der Waals surface area contributed by atoms with Gasteiger partial charge in [-0.3, -0.25) is 4.79 Å². The Kier molecular flexibility index (Phi) is 3.57. The van der Waals surface area contributed by atoms with Crippen molar-refractivity contribution in [3.05, 3.63) is 28.8 Å². The highest BCUT2D eigenvalue weighted by atomic mass is 35.5. The number of hydrogen-bond acceptors (Lipinski definition) is 2. The molecule has 1 N–H and O–H groups in total. The number of halogens is 1. The molecular formula is C13H15ClO3. The molecule has 1 aliphatic rings. The molecule has 4 heteroatoms. The summed E-state index contributed by atoms with van der Waals surface area (Å²) in [5.41, 5.74) is 0.921. The van der Waals surface area contributed by atoms with Crippen LogP contribution in [0.2, 0.25) is 5.02 Å². The van der Waals surface area contributed by atoms with Gasteiger partial charge in [-0.25, -0.2) is 0 Å². The lowest BCUT2D eigenvalue weighted by atomic mass is 9.84. The largest absolute Gasteiger partial charge is 0.492 e. The van der Waals surface area contributed by atoms with Crippen LogP contribution in [0.3, 0.4) is 0 Å². The Bertz CT molecular complexity index is 431. The topological polar surface area (TPSA) is 46.5 Å². The highest BCUT2D eigenvalue weighted by Crippen LogP contribution is 2.41. The number of hydrogen-bond donors (Lipinski definition) is 1. The van der Waals surface area contributed by atoms with Gasteiger partial charge in [0.2, 0.25) is 0 Å². The number of ether oxygens (including phenoxy) is 1. The summed E-state index contributed by atoms with van der Waals surface area (Å²) in [5.74, 6) is -0.565. The Morgan fingerprint density at radius 1 is 1.59 bits per heavy atom. The van der Waals surface area contributed by atoms with Crippen molar-refractivity contribution >= 4 is 17.6 Å². The Morgan fingerprint density at radius 3 is 3.06 bits per heavy atom. The second kappa shape index (κ2) is 4.96. The quantitative estimate of drug-likeness (QED) is 0.881. The molecule has 1 aromatic rings. The zero-order valence-corrected chi connectivity index (χ0v) is 10.4. The lowest BCUT2D eigenvalue weighted by Gasteiger charge is -2.20. The molecule has 2 unspecified atom stereocenters. The fourth-order valence-electron chi connectivity index (χ4n) is 2.29. The first-order valence-electron chi connectivity index (χ1n) is 5.75. The van der Waals surface area contributed by atoms with E-state index in [1.807, 2.05) is 12.1 Å². The van der Waals surface area contributed by atoms with Gasteiger partial charge in [-0.2, -0.15) is 0 Å². The first kappa shape index (κ1) is 12.2. The van der Waals surface area contributed by atoms with E-state index in [0.717, 1.165) is 18.4 Å². The molecule has 2 rings (SSSR count). The molecule has 0 aromatic heterocycles. The zero-order valence-electron chi connectivity index (χ0n) is 9.65. The molecular weight excluding hydrogens is 240 g/mol. The van der Waals surface area contributed by atoms with E-state index in [1.165, 1.54) is 0 Å². The van der Waals surface area contributed by atoms with E-state index in [0.29, 0.717) is 17.4 Å². The number of rotatable bonds is 2. The molecule has 0 spiro atoms. The highest BCUT2D eigenvalue weighted by molar-refractivity contribution is 6.32. The van der Waals surface area contributed by atoms with Crippen molar-refractivity contribution in [2.45, 2.75) is 25.7 Å². The molecule has 0 bridgehead atoms. The zero-order chi connectivity index (χ0) is 12.4. The third-order valence-electron chi connectivity index (χ3n) is 3.30. The van der Waals surface area contributed by atoms with Crippen molar-refractivity contribution in [2.24, 2.45) is 5.92 Å². The number of carboxylic acids is 1. The Hall–Kier alpha value is -1.22. The van der Waals surface area contributed by atoms with Gasteiger partial charge in [0.1, 0.15) is 5.75 Å². The third kappa shape index (κ3) is 2.39. The summed E-state index contributed by atoms with van der Waals surface area (Å²) in [6.45, 7) is 2.34. The number of aliphatic carboxylic acids is 1. The third-order valence-corrected chi connectivity index (χ3v) is 3.59. The van der Waals surface area contributed by atoms with E-state index in [-0.39, 0.29) is 5.92 Å². The molecule has 0 fully saturated rings. The van der Waals surface area contributed by atoms with Crippen LogP contribution in [0.25, 0.3) is 0 Å². The van der Waals surface area contributed by atoms with Gasteiger partial charge in [0.05, 0.1) is 17.5 Å². The van der Waals surface area contributed by atoms with Crippen LogP contribution in [0.1, 0.15) is 31.2 Å². The van der Waals surface area contributed by atoms with E-state index >= 15 is 0 Å². The fraction of sp³-hybridized carbons (Fsp3) is 0.462. The van der Waals surface area contributed by atoms with Gasteiger partial charge in [-0.05, 0) is 24.5 Å². The lowest BCUT2D eigenvalue weighted by molar-refractivity contribution is -0.141. The van der Waals surface area contributed by atoms with Crippen LogP contribution in [-0.2, 0) is 4.79 Å². The van der Waals surface area contributed by atoms with E-state index in [9.17, 15) is 4.79 Å². The number of benzene rings is 1. The van der Waals surface area contributed by atoms with Crippen LogP contribution in [0.4, 0.5) is 0 Å². The summed E-state index contributed by atoms with van der Waals surface area (Å²) in [7, 11) is 0. The summed E-state index contributed by atoms with van der Waals surface area (Å²) in [4.78, 5) is 11.1. The van der Waals surface area contributed by atoms with Gasteiger partial charge >= 0.3 is 5.97 Å². The normalized spacial score (nSPS) is 20.9. The molecule has 1 aromatic carbocycles. The van der Waals surface area contributed by atoms with Crippen LogP contribution in [0.5, 0.6) is 5.75 Å². The maximum Gasteiger partial charge on any atom is 0.306 e. The number of para-hydroxylation sites is 1. The van der Waals surface area contributed by atoms with Gasteiger partial charge in [-0.1, -0.05) is 30.7 Å². The predicted octanol–water partition coefficient (Wildman–Crippen LogP) is 3.32. The lowest BCUT2D eigenvalue weighted by Crippen LogP contribution is -2.18. The van der Waals surface area contributed by atoms with E-state index < -0.39 is 11.9 Å². The molecule has 0 saturated heterocycles. The standard InChI is InChI=1S/C13H15ClO3/c1-8(13(15)16)9-5-3-7-17-12-10(9)4-2-6-11(12)14/h2,4,6,8-9H,3,5,7H2,1H3,(H,15,16). The van der Waals surface area contributed by atoms with E-state index in [1.54, 1.807) is 13.0 Å². The van der Waals surface area contributed by atoms with Gasteiger partial charge in [-0.15, -0.1) is 0 Å². The van der Waals surface area contributed by atoms with Gasteiger partial charge in [0.25, 0.3) is 0 Å². The van der Waals surface area contributed by atoms with E-state index in [2.05, 4.69) is 0 Å². The summed E-state index contributed by atoms with van der Waals surface area (Å²) in [6, 6.07) is 5.53. The van der Waals surface area contributed by atoms with Crippen molar-refractivity contribution in [2.75, 3.05) is 6.61 Å². The summed E-state index contributed by atoms with van der Waals surface area (Å²) in [5, 5.41) is 9.71. The maximum absolute atomic E-state index is 11.1. The molecule has 3 nitrogen and oxygen atoms in total. The first-order valence-corrected chi connectivity index (χ1v) is 6.13. The monoisotopic (exact) mass is 254 g/mol. The van der Waals surface area contributed by atoms with Gasteiger partial charge in [0, 0.05) is 5.92 Å². The van der Waals surface area contributed by atoms with Crippen molar-refractivity contribution in [3.8, 4) is 5.75 Å². The highest BCUT2D eigenvalue weighted by Gasteiger charge is 2.29. The number of carboxylic acid groups (broad SMARTS) is 1. The smallest absolute Gasteiger partial charge is 0.306 e. The summed E-state index contributed by atoms with van der Waals surface area (Å²) in [6.07, 6.45) is 1.67. The molecule has 92 valence electrons. The molecule has 1 heterocycles. The van der Waals surface area contributed by atoms with Crippen LogP contribution >= 0.6 is 11.6 Å². The Morgan fingerprint density at radius 2 is 2.35 bits per heavy atom. The van der Waals surface area contributed by atoms with E-state index in [4.69, 9.17) is 21.4 Å². The van der Waals surface area contributed by atoms with Crippen LogP contribution < -0.4 is 4.74 Å². The minimum atomic E-state index is -0.775. The minimum Gasteiger partial charge on any atom is -0.492 e. The minimum absolute atomic E-state index is 0.0244. The van der Waals surface area contributed by atoms with Crippen molar-refractivity contribution in [1.29, 1.82) is 0 Å². The molecule has 0 radical (unpaired) electrons. The average molecular weight is 255 g/mol. The molecule has 2 atom stereocenters. The van der Waals surface area contributed by atoms with Crippen LogP contribution in [-0.4, -0.2) is 17.7 Å². The first-order chi connectivity index (χ1) is 8.11. The molecule has 0 amide bonds. The average Bonchev–Trinajstić information content (AvgIpc) is 2.51. The van der Waals surface area contributed by atoms with Crippen LogP contribution in [0, 0.1) is 5.92 Å². The fourth-order valence-corrected chi connectivity index (χ4v) is 2.53. The maximum atomic E-state index is 11.1. The van der Waals surface area contributed by atoms with Gasteiger partial charge < -0.3 is 9.84 Å². The predicted molar refractivity (Wildman–Crippen MR) is 65.7 cm³/mol. The Balaban J connectivity index is 2.43. The number of fused-ring (bicyclic) bond motifs is 1. The Labute approximate surface area is 105 Å². The molecule has 0 saturated carbocycles.